The predicted molar refractivity (Wildman–Crippen MR) is 72.1 cm³/mol. The van der Waals surface area contributed by atoms with Gasteiger partial charge in [0.15, 0.2) is 0 Å². The molecule has 0 fully saturated rings. The third-order valence-electron chi connectivity index (χ3n) is 2.99. The Hall–Kier alpha value is -0.313. The van der Waals surface area contributed by atoms with Gasteiger partial charge in [0.1, 0.15) is 5.00 Å². The maximum Gasteiger partial charge on any atom is 0.119 e. The molecule has 1 atom stereocenters. The summed E-state index contributed by atoms with van der Waals surface area (Å²) in [5.74, 6) is 0. The Balaban J connectivity index is 3.09. The highest BCUT2D eigenvalue weighted by Crippen LogP contribution is 2.30. The molecule has 3 heteroatoms. The molecule has 0 heterocycles. The highest BCUT2D eigenvalue weighted by molar-refractivity contribution is 6.35. The topological polar surface area (TPSA) is 3.24 Å². The van der Waals surface area contributed by atoms with Crippen molar-refractivity contribution in [2.75, 3.05) is 13.1 Å². The first kappa shape index (κ1) is 12.8. The van der Waals surface area contributed by atoms with Crippen molar-refractivity contribution in [3.63, 3.8) is 0 Å². The van der Waals surface area contributed by atoms with Crippen LogP contribution in [0.3, 0.4) is 0 Å². The van der Waals surface area contributed by atoms with Crippen LogP contribution in [0, 0.1) is 0 Å². The average molecular weight is 242 g/mol. The molecule has 1 aromatic carbocycles. The van der Waals surface area contributed by atoms with Crippen molar-refractivity contribution in [3.05, 3.63) is 29.8 Å². The van der Waals surface area contributed by atoms with Gasteiger partial charge in [-0.3, -0.25) is 4.90 Å². The highest BCUT2D eigenvalue weighted by Gasteiger charge is 2.30. The molecule has 84 valence electrons. The summed E-state index contributed by atoms with van der Waals surface area (Å²) in [4.78, 5) is 1.92. The van der Waals surface area contributed by atoms with Crippen LogP contribution in [-0.4, -0.2) is 28.2 Å². The zero-order chi connectivity index (χ0) is 11.5. The van der Waals surface area contributed by atoms with Gasteiger partial charge in [0.25, 0.3) is 0 Å². The van der Waals surface area contributed by atoms with E-state index in [4.69, 9.17) is 11.6 Å². The van der Waals surface area contributed by atoms with Crippen LogP contribution in [-0.2, 0) is 5.00 Å². The fourth-order valence-corrected chi connectivity index (χ4v) is 3.53. The molecule has 0 aromatic heterocycles. The van der Waals surface area contributed by atoms with Crippen molar-refractivity contribution < 1.29 is 0 Å². The Morgan fingerprint density at radius 1 is 1.27 bits per heavy atom. The Labute approximate surface area is 101 Å². The van der Waals surface area contributed by atoms with Crippen molar-refractivity contribution in [1.82, 2.24) is 4.90 Å². The standard InChI is InChI=1S/C12H20ClNSi/c1-4-14(5-2)12(3,13)10-8-6-7-9-11(10)15/h6-9H,4-5H2,1-3,15H3. The van der Waals surface area contributed by atoms with Gasteiger partial charge in [-0.25, -0.2) is 0 Å². The summed E-state index contributed by atoms with van der Waals surface area (Å²) in [6.07, 6.45) is 0. The van der Waals surface area contributed by atoms with Crippen molar-refractivity contribution in [2.24, 2.45) is 0 Å². The fraction of sp³-hybridized carbons (Fsp3) is 0.500. The van der Waals surface area contributed by atoms with E-state index in [1.807, 2.05) is 0 Å². The number of hydrogen-bond donors (Lipinski definition) is 0. The second-order valence-electron chi connectivity index (χ2n) is 3.94. The van der Waals surface area contributed by atoms with E-state index in [-0.39, 0.29) is 5.00 Å². The molecule has 0 spiro atoms. The van der Waals surface area contributed by atoms with Crippen LogP contribution in [0.15, 0.2) is 24.3 Å². The molecule has 0 saturated heterocycles. The van der Waals surface area contributed by atoms with Crippen molar-refractivity contribution in [3.8, 4) is 0 Å². The quantitative estimate of drug-likeness (QED) is 0.438. The Morgan fingerprint density at radius 2 is 1.80 bits per heavy atom. The Morgan fingerprint density at radius 3 is 2.27 bits per heavy atom. The third-order valence-corrected chi connectivity index (χ3v) is 4.31. The molecule has 0 N–H and O–H groups in total. The molecular weight excluding hydrogens is 222 g/mol. The number of rotatable bonds is 4. The Bertz CT molecular complexity index is 321. The van der Waals surface area contributed by atoms with Gasteiger partial charge >= 0.3 is 0 Å². The summed E-state index contributed by atoms with van der Waals surface area (Å²) < 4.78 is 0. The Kier molecular flexibility index (Phi) is 4.38. The summed E-state index contributed by atoms with van der Waals surface area (Å²) >= 11 is 6.68. The number of halogens is 1. The molecule has 0 aliphatic carbocycles. The van der Waals surface area contributed by atoms with Crippen LogP contribution in [0.1, 0.15) is 26.3 Å². The van der Waals surface area contributed by atoms with Gasteiger partial charge in [0.2, 0.25) is 0 Å². The normalized spacial score (nSPS) is 15.5. The average Bonchev–Trinajstić information content (AvgIpc) is 2.19. The van der Waals surface area contributed by atoms with Crippen LogP contribution < -0.4 is 5.19 Å². The largest absolute Gasteiger partial charge is 0.282 e. The smallest absolute Gasteiger partial charge is 0.119 e. The summed E-state index contributed by atoms with van der Waals surface area (Å²) in [7, 11) is 1.05. The molecule has 0 radical (unpaired) electrons. The van der Waals surface area contributed by atoms with Gasteiger partial charge in [0, 0.05) is 10.2 Å². The lowest BCUT2D eigenvalue weighted by atomic mass is 10.1. The zero-order valence-electron chi connectivity index (χ0n) is 10.0. The third kappa shape index (κ3) is 2.62. The molecular formula is C12H20ClNSi. The first-order chi connectivity index (χ1) is 7.04. The lowest BCUT2D eigenvalue weighted by Gasteiger charge is -2.36. The van der Waals surface area contributed by atoms with E-state index < -0.39 is 0 Å². The minimum Gasteiger partial charge on any atom is -0.282 e. The van der Waals surface area contributed by atoms with Gasteiger partial charge < -0.3 is 0 Å². The molecule has 0 saturated carbocycles. The highest BCUT2D eigenvalue weighted by atomic mass is 35.5. The maximum atomic E-state index is 6.68. The summed E-state index contributed by atoms with van der Waals surface area (Å²) in [5, 5.41) is 1.39. The molecule has 0 aliphatic heterocycles. The molecule has 0 amide bonds. The fourth-order valence-electron chi connectivity index (χ4n) is 2.07. The monoisotopic (exact) mass is 241 g/mol. The van der Waals surface area contributed by atoms with Gasteiger partial charge in [0.05, 0.1) is 0 Å². The molecule has 1 rings (SSSR count). The van der Waals surface area contributed by atoms with E-state index in [0.29, 0.717) is 0 Å². The summed E-state index contributed by atoms with van der Waals surface area (Å²) in [6, 6.07) is 8.47. The van der Waals surface area contributed by atoms with Crippen LogP contribution in [0.4, 0.5) is 0 Å². The van der Waals surface area contributed by atoms with Crippen LogP contribution >= 0.6 is 11.6 Å². The van der Waals surface area contributed by atoms with E-state index in [1.165, 1.54) is 10.8 Å². The molecule has 1 unspecified atom stereocenters. The van der Waals surface area contributed by atoms with E-state index in [9.17, 15) is 0 Å². The predicted octanol–water partition coefficient (Wildman–Crippen LogP) is 1.43. The van der Waals surface area contributed by atoms with Crippen LogP contribution in [0.25, 0.3) is 0 Å². The summed E-state index contributed by atoms with van der Waals surface area (Å²) in [5.41, 5.74) is 1.27. The van der Waals surface area contributed by atoms with Crippen LogP contribution in [0.2, 0.25) is 0 Å². The lowest BCUT2D eigenvalue weighted by molar-refractivity contribution is 0.197. The van der Waals surface area contributed by atoms with E-state index in [0.717, 1.165) is 23.3 Å². The first-order valence-electron chi connectivity index (χ1n) is 5.54. The van der Waals surface area contributed by atoms with E-state index in [2.05, 4.69) is 49.9 Å². The van der Waals surface area contributed by atoms with Gasteiger partial charge in [-0.15, -0.1) is 0 Å². The molecule has 1 aromatic rings. The SMILES string of the molecule is CCN(CC)C(C)(Cl)c1ccccc1[SiH3]. The van der Waals surface area contributed by atoms with Gasteiger partial charge in [-0.1, -0.05) is 54.9 Å². The minimum atomic E-state index is -0.359. The summed E-state index contributed by atoms with van der Waals surface area (Å²) in [6.45, 7) is 8.36. The van der Waals surface area contributed by atoms with Crippen molar-refractivity contribution in [1.29, 1.82) is 0 Å². The second kappa shape index (κ2) is 5.15. The maximum absolute atomic E-state index is 6.68. The molecule has 1 nitrogen and oxygen atoms in total. The minimum absolute atomic E-state index is 0.359. The molecule has 0 bridgehead atoms. The number of nitrogens with zero attached hydrogens (tertiary/aromatic N) is 1. The van der Waals surface area contributed by atoms with Crippen molar-refractivity contribution >= 4 is 27.0 Å². The number of alkyl halides is 1. The number of benzene rings is 1. The second-order valence-corrected chi connectivity index (χ2v) is 5.75. The van der Waals surface area contributed by atoms with Gasteiger partial charge in [-0.2, -0.15) is 0 Å². The molecule has 0 aliphatic rings. The van der Waals surface area contributed by atoms with Crippen LogP contribution in [0.5, 0.6) is 0 Å². The lowest BCUT2D eigenvalue weighted by Crippen LogP contribution is -2.42. The van der Waals surface area contributed by atoms with Crippen molar-refractivity contribution in [2.45, 2.75) is 25.8 Å². The van der Waals surface area contributed by atoms with E-state index >= 15 is 0 Å². The molecule has 15 heavy (non-hydrogen) atoms. The zero-order valence-corrected chi connectivity index (χ0v) is 12.8. The first-order valence-corrected chi connectivity index (χ1v) is 6.91. The van der Waals surface area contributed by atoms with Gasteiger partial charge in [-0.05, 0) is 25.6 Å². The van der Waals surface area contributed by atoms with E-state index in [1.54, 1.807) is 0 Å². The number of hydrogen-bond acceptors (Lipinski definition) is 1.